The second kappa shape index (κ2) is 6.06. The molecule has 0 aromatic heterocycles. The molecule has 3 atom stereocenters. The molecule has 2 nitrogen and oxygen atoms in total. The van der Waals surface area contributed by atoms with E-state index < -0.39 is 0 Å². The van der Waals surface area contributed by atoms with Crippen LogP contribution in [0.3, 0.4) is 0 Å². The summed E-state index contributed by atoms with van der Waals surface area (Å²) < 4.78 is 0. The quantitative estimate of drug-likeness (QED) is 0.639. The van der Waals surface area contributed by atoms with E-state index in [9.17, 15) is 0 Å². The summed E-state index contributed by atoms with van der Waals surface area (Å²) in [6.45, 7) is 9.09. The lowest BCUT2D eigenvalue weighted by atomic mass is 9.72. The van der Waals surface area contributed by atoms with Crippen molar-refractivity contribution in [1.82, 2.24) is 5.43 Å². The van der Waals surface area contributed by atoms with Gasteiger partial charge in [-0.3, -0.25) is 11.3 Å². The largest absolute Gasteiger partial charge is 0.271 e. The summed E-state index contributed by atoms with van der Waals surface area (Å²) in [5, 5.41) is 0. The molecule has 1 aromatic carbocycles. The van der Waals surface area contributed by atoms with Crippen molar-refractivity contribution < 1.29 is 0 Å². The fraction of sp³-hybridized carbons (Fsp3) is 0.647. The van der Waals surface area contributed by atoms with Gasteiger partial charge in [-0.15, -0.1) is 0 Å². The number of nitrogens with one attached hydrogen (secondary N) is 1. The summed E-state index contributed by atoms with van der Waals surface area (Å²) in [5.41, 5.74) is 7.14. The Morgan fingerprint density at radius 1 is 1.11 bits per heavy atom. The van der Waals surface area contributed by atoms with Crippen molar-refractivity contribution in [3.05, 3.63) is 34.9 Å². The van der Waals surface area contributed by atoms with Gasteiger partial charge in [-0.2, -0.15) is 0 Å². The molecule has 0 amide bonds. The number of hydrogen-bond acceptors (Lipinski definition) is 2. The van der Waals surface area contributed by atoms with Crippen molar-refractivity contribution in [3.8, 4) is 0 Å². The van der Waals surface area contributed by atoms with Crippen LogP contribution in [0.5, 0.6) is 0 Å². The van der Waals surface area contributed by atoms with E-state index in [1.807, 2.05) is 0 Å². The second-order valence-electron chi connectivity index (χ2n) is 6.68. The summed E-state index contributed by atoms with van der Waals surface area (Å²) in [7, 11) is 0. The third-order valence-electron chi connectivity index (χ3n) is 4.63. The van der Waals surface area contributed by atoms with Gasteiger partial charge in [0.25, 0.3) is 0 Å². The van der Waals surface area contributed by atoms with Gasteiger partial charge in [0.1, 0.15) is 0 Å². The number of nitrogens with two attached hydrogens (primary N) is 1. The van der Waals surface area contributed by atoms with Gasteiger partial charge in [-0.05, 0) is 62.0 Å². The minimum atomic E-state index is 0.297. The highest BCUT2D eigenvalue weighted by Gasteiger charge is 2.30. The molecule has 1 fully saturated rings. The molecule has 2 rings (SSSR count). The van der Waals surface area contributed by atoms with Gasteiger partial charge in [0, 0.05) is 6.04 Å². The minimum absolute atomic E-state index is 0.297. The number of aryl methyl sites for hydroxylation is 2. The summed E-state index contributed by atoms with van der Waals surface area (Å²) in [6.07, 6.45) is 3.93. The fourth-order valence-electron chi connectivity index (χ4n) is 3.94. The normalized spacial score (nSPS) is 29.2. The van der Waals surface area contributed by atoms with Crippen LogP contribution >= 0.6 is 0 Å². The van der Waals surface area contributed by atoms with E-state index in [-0.39, 0.29) is 0 Å². The summed E-state index contributed by atoms with van der Waals surface area (Å²) in [6, 6.07) is 7.00. The first-order valence-electron chi connectivity index (χ1n) is 7.54. The molecule has 0 heterocycles. The molecule has 0 saturated heterocycles. The minimum Gasteiger partial charge on any atom is -0.271 e. The van der Waals surface area contributed by atoms with Crippen LogP contribution in [0.4, 0.5) is 0 Å². The molecule has 0 aliphatic heterocycles. The van der Waals surface area contributed by atoms with Gasteiger partial charge >= 0.3 is 0 Å². The molecule has 0 radical (unpaired) electrons. The molecule has 0 bridgehead atoms. The lowest BCUT2D eigenvalue weighted by molar-refractivity contribution is 0.176. The average Bonchev–Trinajstić information content (AvgIpc) is 2.31. The predicted octanol–water partition coefficient (Wildman–Crippen LogP) is 3.88. The van der Waals surface area contributed by atoms with Crippen molar-refractivity contribution in [3.63, 3.8) is 0 Å². The average molecular weight is 260 g/mol. The zero-order valence-electron chi connectivity index (χ0n) is 12.7. The van der Waals surface area contributed by atoms with Gasteiger partial charge in [0.05, 0.1) is 0 Å². The first kappa shape index (κ1) is 14.5. The van der Waals surface area contributed by atoms with Gasteiger partial charge in [0.2, 0.25) is 0 Å². The monoisotopic (exact) mass is 260 g/mol. The second-order valence-corrected chi connectivity index (χ2v) is 6.68. The van der Waals surface area contributed by atoms with Crippen LogP contribution in [0.15, 0.2) is 18.2 Å². The molecule has 0 spiro atoms. The molecule has 3 unspecified atom stereocenters. The molecule has 1 aromatic rings. The van der Waals surface area contributed by atoms with Crippen LogP contribution in [0.25, 0.3) is 0 Å². The summed E-state index contributed by atoms with van der Waals surface area (Å²) in [5.74, 6) is 8.17. The Balaban J connectivity index is 2.23. The lowest BCUT2D eigenvalue weighted by Crippen LogP contribution is -2.37. The Hall–Kier alpha value is -0.860. The fourth-order valence-corrected chi connectivity index (χ4v) is 3.94. The van der Waals surface area contributed by atoms with Crippen molar-refractivity contribution in [2.45, 2.75) is 53.0 Å². The van der Waals surface area contributed by atoms with Crippen molar-refractivity contribution in [1.29, 1.82) is 0 Å². The SMILES string of the molecule is Cc1ccc(C(NN)C2CC(C)CC(C)C2)c(C)c1. The van der Waals surface area contributed by atoms with E-state index in [1.54, 1.807) is 0 Å². The third kappa shape index (κ3) is 3.37. The van der Waals surface area contributed by atoms with Crippen molar-refractivity contribution >= 4 is 0 Å². The highest BCUT2D eigenvalue weighted by molar-refractivity contribution is 5.33. The van der Waals surface area contributed by atoms with E-state index in [0.29, 0.717) is 12.0 Å². The Kier molecular flexibility index (Phi) is 4.64. The van der Waals surface area contributed by atoms with Gasteiger partial charge in [-0.25, -0.2) is 0 Å². The van der Waals surface area contributed by atoms with Crippen LogP contribution in [-0.4, -0.2) is 0 Å². The first-order chi connectivity index (χ1) is 9.01. The Morgan fingerprint density at radius 3 is 2.26 bits per heavy atom. The summed E-state index contributed by atoms with van der Waals surface area (Å²) in [4.78, 5) is 0. The van der Waals surface area contributed by atoms with Crippen molar-refractivity contribution in [2.24, 2.45) is 23.6 Å². The van der Waals surface area contributed by atoms with Crippen LogP contribution < -0.4 is 11.3 Å². The molecule has 2 heteroatoms. The third-order valence-corrected chi connectivity index (χ3v) is 4.63. The highest BCUT2D eigenvalue weighted by Crippen LogP contribution is 2.40. The maximum absolute atomic E-state index is 5.88. The zero-order valence-corrected chi connectivity index (χ0v) is 12.7. The number of rotatable bonds is 3. The smallest absolute Gasteiger partial charge is 0.0490 e. The number of hydrazine groups is 1. The van der Waals surface area contributed by atoms with Gasteiger partial charge in [0.15, 0.2) is 0 Å². The molecule has 1 aliphatic rings. The standard InChI is InChI=1S/C17H28N2/c1-11-5-6-16(14(4)8-11)17(19-18)15-9-12(2)7-13(3)10-15/h5-6,8,12-13,15,17,19H,7,9-10,18H2,1-4H3. The van der Waals surface area contributed by atoms with Crippen LogP contribution in [-0.2, 0) is 0 Å². The van der Waals surface area contributed by atoms with Crippen LogP contribution in [0.2, 0.25) is 0 Å². The Bertz CT molecular complexity index is 417. The molecule has 106 valence electrons. The Labute approximate surface area is 117 Å². The van der Waals surface area contributed by atoms with Crippen LogP contribution in [0, 0.1) is 31.6 Å². The maximum Gasteiger partial charge on any atom is 0.0490 e. The maximum atomic E-state index is 5.88. The van der Waals surface area contributed by atoms with E-state index in [4.69, 9.17) is 5.84 Å². The van der Waals surface area contributed by atoms with E-state index in [1.165, 1.54) is 36.0 Å². The van der Waals surface area contributed by atoms with E-state index >= 15 is 0 Å². The lowest BCUT2D eigenvalue weighted by Gasteiger charge is -2.37. The highest BCUT2D eigenvalue weighted by atomic mass is 15.2. The molecule has 19 heavy (non-hydrogen) atoms. The number of benzene rings is 1. The predicted molar refractivity (Wildman–Crippen MR) is 81.6 cm³/mol. The topological polar surface area (TPSA) is 38.0 Å². The molecule has 1 aliphatic carbocycles. The summed E-state index contributed by atoms with van der Waals surface area (Å²) >= 11 is 0. The van der Waals surface area contributed by atoms with Gasteiger partial charge < -0.3 is 0 Å². The molecular weight excluding hydrogens is 232 g/mol. The molecular formula is C17H28N2. The first-order valence-corrected chi connectivity index (χ1v) is 7.54. The van der Waals surface area contributed by atoms with E-state index in [2.05, 4.69) is 51.3 Å². The zero-order chi connectivity index (χ0) is 14.0. The van der Waals surface area contributed by atoms with E-state index in [0.717, 1.165) is 11.8 Å². The molecule has 1 saturated carbocycles. The molecule has 3 N–H and O–H groups in total. The van der Waals surface area contributed by atoms with Crippen molar-refractivity contribution in [2.75, 3.05) is 0 Å². The Morgan fingerprint density at radius 2 is 1.74 bits per heavy atom. The van der Waals surface area contributed by atoms with Crippen LogP contribution in [0.1, 0.15) is 55.8 Å². The van der Waals surface area contributed by atoms with Gasteiger partial charge in [-0.1, -0.05) is 37.6 Å². The number of hydrogen-bond donors (Lipinski definition) is 2.